The van der Waals surface area contributed by atoms with Crippen molar-refractivity contribution in [2.75, 3.05) is 44.2 Å². The molecular formula is C31H33N5O6. The van der Waals surface area contributed by atoms with Gasteiger partial charge in [-0.2, -0.15) is 0 Å². The monoisotopic (exact) mass is 571 g/mol. The number of aromatic hydroxyl groups is 1. The second-order valence-electron chi connectivity index (χ2n) is 9.85. The van der Waals surface area contributed by atoms with Gasteiger partial charge >= 0.3 is 11.8 Å². The first-order valence-electron chi connectivity index (χ1n) is 13.7. The minimum atomic E-state index is -0.730. The van der Waals surface area contributed by atoms with Crippen LogP contribution in [-0.4, -0.2) is 65.1 Å². The van der Waals surface area contributed by atoms with Crippen LogP contribution in [0.5, 0.6) is 17.4 Å². The number of rotatable bonds is 10. The maximum absolute atomic E-state index is 12.8. The van der Waals surface area contributed by atoms with Crippen LogP contribution in [0.3, 0.4) is 0 Å². The Balaban J connectivity index is 1.06. The van der Waals surface area contributed by atoms with Crippen molar-refractivity contribution in [3.8, 4) is 29.7 Å². The quantitative estimate of drug-likeness (QED) is 0.318. The van der Waals surface area contributed by atoms with Crippen molar-refractivity contribution in [1.82, 2.24) is 19.9 Å². The van der Waals surface area contributed by atoms with Gasteiger partial charge < -0.3 is 39.5 Å². The molecule has 2 aliphatic rings. The summed E-state index contributed by atoms with van der Waals surface area (Å²) in [6, 6.07) is 17.2. The number of anilines is 1. The van der Waals surface area contributed by atoms with Crippen LogP contribution in [-0.2, 0) is 6.54 Å². The Kier molecular flexibility index (Phi) is 9.16. The molecule has 0 saturated carbocycles. The van der Waals surface area contributed by atoms with Gasteiger partial charge in [0.2, 0.25) is 0 Å². The fourth-order valence-corrected chi connectivity index (χ4v) is 4.70. The van der Waals surface area contributed by atoms with Crippen molar-refractivity contribution in [1.29, 1.82) is 0 Å². The summed E-state index contributed by atoms with van der Waals surface area (Å²) in [6.45, 7) is 2.96. The summed E-state index contributed by atoms with van der Waals surface area (Å²) >= 11 is 0. The Labute approximate surface area is 243 Å². The normalized spacial score (nSPS) is 16.5. The van der Waals surface area contributed by atoms with E-state index in [2.05, 4.69) is 27.2 Å². The van der Waals surface area contributed by atoms with Gasteiger partial charge in [0.25, 0.3) is 5.88 Å². The largest absolute Gasteiger partial charge is 0.491 e. The topological polar surface area (TPSA) is 121 Å². The van der Waals surface area contributed by atoms with Gasteiger partial charge in [0.05, 0.1) is 5.69 Å². The highest BCUT2D eigenvalue weighted by Gasteiger charge is 2.25. The summed E-state index contributed by atoms with van der Waals surface area (Å²) in [6.07, 6.45) is 11.3. The van der Waals surface area contributed by atoms with Gasteiger partial charge in [0.1, 0.15) is 23.9 Å². The van der Waals surface area contributed by atoms with Crippen LogP contribution in [0.2, 0.25) is 0 Å². The number of imidazole rings is 1. The van der Waals surface area contributed by atoms with Gasteiger partial charge in [0.15, 0.2) is 0 Å². The Morgan fingerprint density at radius 2 is 1.83 bits per heavy atom. The highest BCUT2D eigenvalue weighted by Crippen LogP contribution is 2.22. The lowest BCUT2D eigenvalue weighted by atomic mass is 10.00. The van der Waals surface area contributed by atoms with Crippen LogP contribution in [0.25, 0.3) is 0 Å². The molecule has 0 bridgehead atoms. The Hall–Kier alpha value is -5.08. The van der Waals surface area contributed by atoms with Gasteiger partial charge in [-0.05, 0) is 60.9 Å². The molecule has 1 saturated heterocycles. The lowest BCUT2D eigenvalue weighted by molar-refractivity contribution is 0.0779. The highest BCUT2D eigenvalue weighted by atomic mass is 16.7. The van der Waals surface area contributed by atoms with Crippen LogP contribution in [0.15, 0.2) is 83.4 Å². The molecule has 1 unspecified atom stereocenters. The average Bonchev–Trinajstić information content (AvgIpc) is 3.29. The predicted octanol–water partition coefficient (Wildman–Crippen LogP) is 2.89. The van der Waals surface area contributed by atoms with Gasteiger partial charge in [-0.1, -0.05) is 34.9 Å². The Morgan fingerprint density at radius 3 is 2.52 bits per heavy atom. The summed E-state index contributed by atoms with van der Waals surface area (Å²) in [4.78, 5) is 36.6. The minimum absolute atomic E-state index is 0.193. The molecule has 1 atom stereocenters. The van der Waals surface area contributed by atoms with Crippen LogP contribution in [0, 0.1) is 18.3 Å². The van der Waals surface area contributed by atoms with Crippen LogP contribution in [0.1, 0.15) is 12.1 Å². The van der Waals surface area contributed by atoms with Crippen molar-refractivity contribution in [3.63, 3.8) is 0 Å². The number of piperazine rings is 1. The first-order valence-corrected chi connectivity index (χ1v) is 13.7. The van der Waals surface area contributed by atoms with Crippen molar-refractivity contribution < 1.29 is 24.2 Å². The highest BCUT2D eigenvalue weighted by molar-refractivity contribution is 5.68. The van der Waals surface area contributed by atoms with E-state index in [9.17, 15) is 14.7 Å². The van der Waals surface area contributed by atoms with Crippen LogP contribution >= 0.6 is 0 Å². The molecule has 1 aliphatic heterocycles. The zero-order chi connectivity index (χ0) is 29.3. The lowest BCUT2D eigenvalue weighted by Gasteiger charge is -2.35. The maximum atomic E-state index is 12.8. The molecule has 0 radical (unpaired) electrons. The van der Waals surface area contributed by atoms with Crippen molar-refractivity contribution in [2.24, 2.45) is 5.92 Å². The number of aromatic amines is 1. The van der Waals surface area contributed by atoms with E-state index in [1.165, 1.54) is 4.90 Å². The zero-order valence-corrected chi connectivity index (χ0v) is 23.1. The molecule has 42 heavy (non-hydrogen) atoms. The Bertz CT molecular complexity index is 1510. The molecule has 3 N–H and O–H groups in total. The van der Waals surface area contributed by atoms with Crippen LogP contribution in [0.4, 0.5) is 10.5 Å². The average molecular weight is 572 g/mol. The second-order valence-corrected chi connectivity index (χ2v) is 9.85. The number of nitrogens with zero attached hydrogens (tertiary/aromatic N) is 3. The SMILES string of the molecule is C#CCOc1ccc(N2CCN(C(=O)On3c(O)c(CNCC4C=CC(Oc5ccccc5)=CC4)[nH]c3=O)CC2)cc1. The lowest BCUT2D eigenvalue weighted by Crippen LogP contribution is -2.51. The van der Waals surface area contributed by atoms with E-state index < -0.39 is 17.7 Å². The molecule has 0 spiro atoms. The van der Waals surface area contributed by atoms with Crippen LogP contribution < -0.4 is 30.2 Å². The maximum Gasteiger partial charge on any atom is 0.434 e. The number of ether oxygens (including phenoxy) is 2. The molecule has 3 aromatic rings. The van der Waals surface area contributed by atoms with E-state index >= 15 is 0 Å². The molecule has 1 fully saturated rings. The number of hydrogen-bond acceptors (Lipinski definition) is 8. The van der Waals surface area contributed by atoms with E-state index in [-0.39, 0.29) is 24.8 Å². The summed E-state index contributed by atoms with van der Waals surface area (Å²) < 4.78 is 11.8. The minimum Gasteiger partial charge on any atom is -0.491 e. The summed E-state index contributed by atoms with van der Waals surface area (Å²) in [5, 5.41) is 13.8. The molecule has 2 aromatic carbocycles. The molecule has 5 rings (SSSR count). The molecule has 1 aliphatic carbocycles. The number of carbonyl (C=O) groups is 1. The Morgan fingerprint density at radius 1 is 1.07 bits per heavy atom. The number of allylic oxidation sites excluding steroid dienone is 2. The summed E-state index contributed by atoms with van der Waals surface area (Å²) in [7, 11) is 0. The number of hydrogen-bond donors (Lipinski definition) is 3. The molecule has 2 heterocycles. The fraction of sp³-hybridized carbons (Fsp3) is 0.290. The number of benzene rings is 2. The van der Waals surface area contributed by atoms with Crippen molar-refractivity contribution >= 4 is 11.8 Å². The smallest absolute Gasteiger partial charge is 0.434 e. The zero-order valence-electron chi connectivity index (χ0n) is 23.1. The number of para-hydroxylation sites is 1. The van der Waals surface area contributed by atoms with E-state index in [0.29, 0.717) is 43.2 Å². The van der Waals surface area contributed by atoms with E-state index in [0.717, 1.165) is 23.6 Å². The summed E-state index contributed by atoms with van der Waals surface area (Å²) in [5.41, 5.74) is 0.496. The third-order valence-corrected chi connectivity index (χ3v) is 6.98. The molecule has 218 valence electrons. The number of H-pyrrole nitrogens is 1. The third-order valence-electron chi connectivity index (χ3n) is 6.98. The first kappa shape index (κ1) is 28.4. The second kappa shape index (κ2) is 13.5. The number of aromatic nitrogens is 2. The number of terminal acetylenes is 1. The van der Waals surface area contributed by atoms with Gasteiger partial charge in [-0.3, -0.25) is 0 Å². The fourth-order valence-electron chi connectivity index (χ4n) is 4.70. The van der Waals surface area contributed by atoms with E-state index in [1.54, 1.807) is 0 Å². The molecule has 11 heteroatoms. The molecular weight excluding hydrogens is 538 g/mol. The number of nitrogens with one attached hydrogen (secondary N) is 2. The van der Waals surface area contributed by atoms with E-state index in [4.69, 9.17) is 20.7 Å². The van der Waals surface area contributed by atoms with E-state index in [1.807, 2.05) is 66.7 Å². The standard InChI is InChI=1S/C31H33N5O6/c1-2-20-40-25-14-10-24(11-15-25)34-16-18-35(19-17-34)31(39)42-36-29(37)28(33-30(36)38)22-32-21-23-8-12-27(13-9-23)41-26-6-4-3-5-7-26/h1,3-8,10-15,23,32,37H,9,16-22H2,(H,33,38). The van der Waals surface area contributed by atoms with Gasteiger partial charge in [-0.15, -0.1) is 6.42 Å². The first-order chi connectivity index (χ1) is 20.5. The van der Waals surface area contributed by atoms with Gasteiger partial charge in [-0.25, -0.2) is 9.59 Å². The van der Waals surface area contributed by atoms with Crippen molar-refractivity contribution in [2.45, 2.75) is 13.0 Å². The number of carbonyl (C=O) groups excluding carboxylic acids is 1. The molecule has 1 aromatic heterocycles. The molecule has 1 amide bonds. The third kappa shape index (κ3) is 7.16. The van der Waals surface area contributed by atoms with Crippen molar-refractivity contribution in [3.05, 3.63) is 94.8 Å². The summed E-state index contributed by atoms with van der Waals surface area (Å²) in [5.74, 6) is 4.48. The number of amides is 1. The predicted molar refractivity (Wildman–Crippen MR) is 157 cm³/mol. The van der Waals surface area contributed by atoms with Gasteiger partial charge in [0, 0.05) is 45.0 Å². The molecule has 11 nitrogen and oxygen atoms in total.